The molecule has 0 unspecified atom stereocenters. The summed E-state index contributed by atoms with van der Waals surface area (Å²) < 4.78 is 19.0. The van der Waals surface area contributed by atoms with Crippen LogP contribution in [0.4, 0.5) is 17.1 Å². The highest BCUT2D eigenvalue weighted by molar-refractivity contribution is 6.13. The van der Waals surface area contributed by atoms with Gasteiger partial charge in [-0.1, -0.05) is 103 Å². The Morgan fingerprint density at radius 3 is 1.85 bits per heavy atom. The normalized spacial score (nSPS) is 11.7. The molecule has 3 aromatic heterocycles. The summed E-state index contributed by atoms with van der Waals surface area (Å²) in [6, 6.07) is 62.9. The van der Waals surface area contributed by atoms with Crippen LogP contribution >= 0.6 is 0 Å². The minimum absolute atomic E-state index is 0.596. The fraction of sp³-hybridized carbons (Fsp3) is 0. The molecule has 0 aliphatic rings. The molecule has 0 atom stereocenters. The molecule has 0 bridgehead atoms. The fourth-order valence-electron chi connectivity index (χ4n) is 7.74. The van der Waals surface area contributed by atoms with Gasteiger partial charge in [-0.15, -0.1) is 0 Å². The zero-order valence-electron chi connectivity index (χ0n) is 28.9. The second-order valence-corrected chi connectivity index (χ2v) is 13.6. The van der Waals surface area contributed by atoms with Crippen LogP contribution in [0.2, 0.25) is 0 Å². The first kappa shape index (κ1) is 30.3. The van der Waals surface area contributed by atoms with E-state index in [2.05, 4.69) is 126 Å². The molecule has 0 saturated carbocycles. The van der Waals surface area contributed by atoms with Crippen molar-refractivity contribution >= 4 is 72.0 Å². The fourth-order valence-corrected chi connectivity index (χ4v) is 7.74. The van der Waals surface area contributed by atoms with Crippen LogP contribution in [0, 0.1) is 0 Å². The maximum absolute atomic E-state index is 6.56. The number of rotatable bonds is 6. The number of nitrogens with zero attached hydrogens (tertiary/aromatic N) is 2. The Labute approximate surface area is 309 Å². The SMILES string of the molecule is c1ccc(-c2ccc(N(c3cccc(-c4cccc5oc6ccccc6c45)c3)c3ccc4c(c3)oc3cc5oc(-c6ccccc6)nc5cc34)cc2)cc1. The monoisotopic (exact) mass is 694 g/mol. The van der Waals surface area contributed by atoms with E-state index in [-0.39, 0.29) is 0 Å². The van der Waals surface area contributed by atoms with Crippen molar-refractivity contribution in [1.29, 1.82) is 0 Å². The smallest absolute Gasteiger partial charge is 0.227 e. The van der Waals surface area contributed by atoms with Crippen molar-refractivity contribution in [3.8, 4) is 33.7 Å². The molecule has 11 rings (SSSR count). The predicted molar refractivity (Wildman–Crippen MR) is 220 cm³/mol. The lowest BCUT2D eigenvalue weighted by Gasteiger charge is -2.26. The maximum atomic E-state index is 6.56. The van der Waals surface area contributed by atoms with Gasteiger partial charge in [0.05, 0.1) is 0 Å². The van der Waals surface area contributed by atoms with E-state index in [1.165, 1.54) is 5.56 Å². The highest BCUT2D eigenvalue weighted by Crippen LogP contribution is 2.43. The summed E-state index contributed by atoms with van der Waals surface area (Å²) >= 11 is 0. The van der Waals surface area contributed by atoms with Crippen LogP contribution in [0.1, 0.15) is 0 Å². The highest BCUT2D eigenvalue weighted by Gasteiger charge is 2.19. The summed E-state index contributed by atoms with van der Waals surface area (Å²) in [4.78, 5) is 7.11. The molecule has 0 spiro atoms. The number of anilines is 3. The molecule has 5 nitrogen and oxygen atoms in total. The van der Waals surface area contributed by atoms with E-state index >= 15 is 0 Å². The van der Waals surface area contributed by atoms with Crippen LogP contribution < -0.4 is 4.90 Å². The van der Waals surface area contributed by atoms with Gasteiger partial charge in [0.25, 0.3) is 0 Å². The van der Waals surface area contributed by atoms with Gasteiger partial charge in [-0.25, -0.2) is 4.98 Å². The lowest BCUT2D eigenvalue weighted by molar-refractivity contribution is 0.617. The Morgan fingerprint density at radius 2 is 1.00 bits per heavy atom. The van der Waals surface area contributed by atoms with Crippen LogP contribution in [0.3, 0.4) is 0 Å². The molecule has 5 heteroatoms. The van der Waals surface area contributed by atoms with Gasteiger partial charge in [0.15, 0.2) is 5.58 Å². The molecular formula is C49H30N2O3. The minimum atomic E-state index is 0.596. The molecule has 0 amide bonds. The van der Waals surface area contributed by atoms with Crippen LogP contribution in [-0.2, 0) is 0 Å². The molecule has 11 aromatic rings. The minimum Gasteiger partial charge on any atom is -0.456 e. The Balaban J connectivity index is 1.05. The number of benzene rings is 8. The number of oxazole rings is 1. The Hall–Kier alpha value is -7.37. The number of aromatic nitrogens is 1. The van der Waals surface area contributed by atoms with Gasteiger partial charge < -0.3 is 18.2 Å². The van der Waals surface area contributed by atoms with E-state index in [0.717, 1.165) is 88.7 Å². The molecular weight excluding hydrogens is 665 g/mol. The highest BCUT2D eigenvalue weighted by atomic mass is 16.4. The first-order valence-electron chi connectivity index (χ1n) is 18.0. The average molecular weight is 695 g/mol. The summed E-state index contributed by atoms with van der Waals surface area (Å²) in [5.74, 6) is 0.596. The van der Waals surface area contributed by atoms with Gasteiger partial charge in [0, 0.05) is 56.3 Å². The molecule has 254 valence electrons. The third-order valence-electron chi connectivity index (χ3n) is 10.3. The quantitative estimate of drug-likeness (QED) is 0.173. The van der Waals surface area contributed by atoms with E-state index in [1.807, 2.05) is 60.7 Å². The topological polar surface area (TPSA) is 55.6 Å². The van der Waals surface area contributed by atoms with Crippen molar-refractivity contribution in [1.82, 2.24) is 4.98 Å². The van der Waals surface area contributed by atoms with Crippen LogP contribution in [0.5, 0.6) is 0 Å². The van der Waals surface area contributed by atoms with Gasteiger partial charge in [-0.2, -0.15) is 0 Å². The summed E-state index contributed by atoms with van der Waals surface area (Å²) in [6.07, 6.45) is 0. The van der Waals surface area contributed by atoms with Gasteiger partial charge in [-0.3, -0.25) is 0 Å². The van der Waals surface area contributed by atoms with Gasteiger partial charge in [-0.05, 0) is 89.0 Å². The molecule has 0 aliphatic carbocycles. The third kappa shape index (κ3) is 4.98. The van der Waals surface area contributed by atoms with Crippen molar-refractivity contribution in [2.75, 3.05) is 4.90 Å². The molecule has 0 aliphatic heterocycles. The Bertz CT molecular complexity index is 3160. The van der Waals surface area contributed by atoms with E-state index in [9.17, 15) is 0 Å². The standard InChI is InChI=1S/C49H30N2O3/c1-3-11-31(12-4-1)32-21-23-35(24-22-32)51(36-16-9-15-34(27-36)38-18-10-20-44-48(38)40-17-7-8-19-43(40)52-44)37-25-26-39-41-29-42-47(30-46(41)53-45(39)28-37)54-49(50-42)33-13-5-2-6-14-33/h1-30H. The molecule has 3 heterocycles. The molecule has 54 heavy (non-hydrogen) atoms. The van der Waals surface area contributed by atoms with E-state index in [1.54, 1.807) is 0 Å². The van der Waals surface area contributed by atoms with Crippen LogP contribution in [0.15, 0.2) is 195 Å². The van der Waals surface area contributed by atoms with Crippen molar-refractivity contribution in [2.45, 2.75) is 0 Å². The van der Waals surface area contributed by atoms with Gasteiger partial charge >= 0.3 is 0 Å². The summed E-state index contributed by atoms with van der Waals surface area (Å²) in [5.41, 5.74) is 13.3. The van der Waals surface area contributed by atoms with Crippen molar-refractivity contribution in [2.24, 2.45) is 0 Å². The maximum Gasteiger partial charge on any atom is 0.227 e. The summed E-state index contributed by atoms with van der Waals surface area (Å²) in [5, 5.41) is 4.24. The van der Waals surface area contributed by atoms with Crippen LogP contribution in [0.25, 0.3) is 88.7 Å². The molecule has 0 radical (unpaired) electrons. The number of hydrogen-bond acceptors (Lipinski definition) is 5. The predicted octanol–water partition coefficient (Wildman–Crippen LogP) is 14.1. The Morgan fingerprint density at radius 1 is 0.352 bits per heavy atom. The summed E-state index contributed by atoms with van der Waals surface area (Å²) in [6.45, 7) is 0. The van der Waals surface area contributed by atoms with Crippen molar-refractivity contribution in [3.63, 3.8) is 0 Å². The Kier molecular flexibility index (Phi) is 6.79. The van der Waals surface area contributed by atoms with Crippen molar-refractivity contribution < 1.29 is 13.3 Å². The largest absolute Gasteiger partial charge is 0.456 e. The lowest BCUT2D eigenvalue weighted by atomic mass is 9.98. The molecule has 0 saturated heterocycles. The lowest BCUT2D eigenvalue weighted by Crippen LogP contribution is -2.10. The van der Waals surface area contributed by atoms with Gasteiger partial charge in [0.2, 0.25) is 5.89 Å². The van der Waals surface area contributed by atoms with E-state index in [4.69, 9.17) is 18.2 Å². The zero-order chi connectivity index (χ0) is 35.6. The van der Waals surface area contributed by atoms with E-state index < -0.39 is 0 Å². The summed E-state index contributed by atoms with van der Waals surface area (Å²) in [7, 11) is 0. The second-order valence-electron chi connectivity index (χ2n) is 13.6. The molecule has 0 N–H and O–H groups in total. The van der Waals surface area contributed by atoms with Crippen LogP contribution in [-0.4, -0.2) is 4.98 Å². The van der Waals surface area contributed by atoms with Crippen molar-refractivity contribution in [3.05, 3.63) is 182 Å². The van der Waals surface area contributed by atoms with Gasteiger partial charge in [0.1, 0.15) is 27.8 Å². The average Bonchev–Trinajstić information content (AvgIpc) is 3.94. The van der Waals surface area contributed by atoms with E-state index in [0.29, 0.717) is 11.5 Å². The molecule has 8 aromatic carbocycles. The number of hydrogen-bond donors (Lipinski definition) is 0. The third-order valence-corrected chi connectivity index (χ3v) is 10.3. The molecule has 0 fully saturated rings. The zero-order valence-corrected chi connectivity index (χ0v) is 28.9. The first-order chi connectivity index (χ1) is 26.7. The first-order valence-corrected chi connectivity index (χ1v) is 18.0. The number of fused-ring (bicyclic) bond motifs is 7. The number of furan rings is 2. The number of para-hydroxylation sites is 1. The second kappa shape index (κ2) is 12.1.